The van der Waals surface area contributed by atoms with Crippen molar-refractivity contribution in [3.05, 3.63) is 18.0 Å². The number of nitrogens with zero attached hydrogens (tertiary/aromatic N) is 3. The zero-order valence-electron chi connectivity index (χ0n) is 8.02. The highest BCUT2D eigenvalue weighted by atomic mass is 16.3. The van der Waals surface area contributed by atoms with E-state index in [1.165, 1.54) is 6.92 Å². The quantitative estimate of drug-likeness (QED) is 0.694. The molecule has 0 radical (unpaired) electrons. The monoisotopic (exact) mass is 179 g/mol. The zero-order chi connectivity index (χ0) is 10.1. The third-order valence-corrected chi connectivity index (χ3v) is 1.88. The van der Waals surface area contributed by atoms with Crippen LogP contribution in [0.3, 0.4) is 0 Å². The fourth-order valence-corrected chi connectivity index (χ4v) is 1.17. The second-order valence-electron chi connectivity index (χ2n) is 3.44. The molecule has 1 unspecified atom stereocenters. The third-order valence-electron chi connectivity index (χ3n) is 1.88. The van der Waals surface area contributed by atoms with E-state index in [0.29, 0.717) is 5.69 Å². The summed E-state index contributed by atoms with van der Waals surface area (Å²) in [7, 11) is 0. The lowest BCUT2D eigenvalue weighted by Crippen LogP contribution is -2.24. The average Bonchev–Trinajstić information content (AvgIpc) is 2.52. The summed E-state index contributed by atoms with van der Waals surface area (Å²) in [6.07, 6.45) is 1.58. The number of hydrogen-bond donors (Lipinski definition) is 1. The Bertz CT molecular complexity index is 333. The Morgan fingerprint density at radius 1 is 1.69 bits per heavy atom. The minimum absolute atomic E-state index is 0.143. The van der Waals surface area contributed by atoms with Gasteiger partial charge in [-0.1, -0.05) is 0 Å². The summed E-state index contributed by atoms with van der Waals surface area (Å²) in [5.41, 5.74) is -0.925. The van der Waals surface area contributed by atoms with Crippen LogP contribution in [0.2, 0.25) is 0 Å². The van der Waals surface area contributed by atoms with E-state index < -0.39 is 5.60 Å². The van der Waals surface area contributed by atoms with E-state index in [1.807, 2.05) is 19.9 Å². The molecule has 1 aromatic heterocycles. The molecule has 0 aliphatic rings. The first kappa shape index (κ1) is 9.75. The molecule has 0 bridgehead atoms. The maximum absolute atomic E-state index is 9.69. The summed E-state index contributed by atoms with van der Waals surface area (Å²) >= 11 is 0. The normalized spacial score (nSPS) is 15.4. The van der Waals surface area contributed by atoms with Gasteiger partial charge in [0.25, 0.3) is 0 Å². The Hall–Kier alpha value is -1.34. The van der Waals surface area contributed by atoms with Gasteiger partial charge in [-0.05, 0) is 26.8 Å². The minimum atomic E-state index is -1.46. The third kappa shape index (κ3) is 1.70. The molecular weight excluding hydrogens is 166 g/mol. The predicted octanol–water partition coefficient (Wildman–Crippen LogP) is 1.20. The largest absolute Gasteiger partial charge is 0.370 e. The molecule has 0 saturated carbocycles. The molecule has 4 heteroatoms. The topological polar surface area (TPSA) is 61.8 Å². The van der Waals surface area contributed by atoms with Crippen molar-refractivity contribution in [3.63, 3.8) is 0 Å². The molecule has 1 aromatic rings. The molecule has 70 valence electrons. The molecule has 1 heterocycles. The highest BCUT2D eigenvalue weighted by Crippen LogP contribution is 2.21. The van der Waals surface area contributed by atoms with Crippen molar-refractivity contribution >= 4 is 0 Å². The maximum Gasteiger partial charge on any atom is 0.190 e. The molecule has 1 N–H and O–H groups in total. The van der Waals surface area contributed by atoms with E-state index in [-0.39, 0.29) is 6.04 Å². The van der Waals surface area contributed by atoms with Crippen molar-refractivity contribution in [2.75, 3.05) is 0 Å². The van der Waals surface area contributed by atoms with Gasteiger partial charge in [0, 0.05) is 12.2 Å². The number of hydrogen-bond acceptors (Lipinski definition) is 3. The molecule has 0 spiro atoms. The van der Waals surface area contributed by atoms with Crippen LogP contribution < -0.4 is 0 Å². The summed E-state index contributed by atoms with van der Waals surface area (Å²) in [5, 5.41) is 22.5. The average molecular weight is 179 g/mol. The summed E-state index contributed by atoms with van der Waals surface area (Å²) < 4.78 is 1.64. The number of aromatic nitrogens is 2. The van der Waals surface area contributed by atoms with Gasteiger partial charge in [0.2, 0.25) is 0 Å². The lowest BCUT2D eigenvalue weighted by atomic mass is 10.0. The van der Waals surface area contributed by atoms with Gasteiger partial charge in [-0.25, -0.2) is 0 Å². The van der Waals surface area contributed by atoms with Crippen LogP contribution in [0.25, 0.3) is 0 Å². The molecule has 1 rings (SSSR count). The molecule has 0 fully saturated rings. The van der Waals surface area contributed by atoms with Gasteiger partial charge in [0.1, 0.15) is 6.07 Å². The fourth-order valence-electron chi connectivity index (χ4n) is 1.17. The summed E-state index contributed by atoms with van der Waals surface area (Å²) in [5.74, 6) is 0. The number of rotatable bonds is 2. The van der Waals surface area contributed by atoms with Gasteiger partial charge in [-0.15, -0.1) is 0 Å². The molecular formula is C9H13N3O. The predicted molar refractivity (Wildman–Crippen MR) is 47.8 cm³/mol. The van der Waals surface area contributed by atoms with Gasteiger partial charge in [-0.3, -0.25) is 4.68 Å². The van der Waals surface area contributed by atoms with Crippen LogP contribution in [-0.4, -0.2) is 14.9 Å². The van der Waals surface area contributed by atoms with E-state index in [1.54, 1.807) is 16.9 Å². The smallest absolute Gasteiger partial charge is 0.190 e. The standard InChI is InChI=1S/C9H13N3O/c1-7(2)12-8(4-5-11-12)9(3,13)6-10/h4-5,7,13H,1-3H3. The maximum atomic E-state index is 9.69. The van der Waals surface area contributed by atoms with Crippen LogP contribution in [0.5, 0.6) is 0 Å². The first-order chi connectivity index (χ1) is 5.99. The first-order valence-corrected chi connectivity index (χ1v) is 4.16. The summed E-state index contributed by atoms with van der Waals surface area (Å²) in [6.45, 7) is 5.36. The lowest BCUT2D eigenvalue weighted by Gasteiger charge is -2.18. The summed E-state index contributed by atoms with van der Waals surface area (Å²) in [4.78, 5) is 0. The first-order valence-electron chi connectivity index (χ1n) is 4.16. The Morgan fingerprint density at radius 2 is 2.31 bits per heavy atom. The molecule has 0 aliphatic carbocycles. The van der Waals surface area contributed by atoms with E-state index in [9.17, 15) is 5.11 Å². The van der Waals surface area contributed by atoms with Crippen LogP contribution in [-0.2, 0) is 5.60 Å². The highest BCUT2D eigenvalue weighted by molar-refractivity contribution is 5.19. The molecule has 0 aromatic carbocycles. The van der Waals surface area contributed by atoms with Crippen LogP contribution in [0.1, 0.15) is 32.5 Å². The van der Waals surface area contributed by atoms with Crippen molar-refractivity contribution in [2.45, 2.75) is 32.4 Å². The molecule has 4 nitrogen and oxygen atoms in total. The summed E-state index contributed by atoms with van der Waals surface area (Å²) in [6, 6.07) is 3.63. The molecule has 0 saturated heterocycles. The lowest BCUT2D eigenvalue weighted by molar-refractivity contribution is 0.107. The van der Waals surface area contributed by atoms with Gasteiger partial charge in [0.05, 0.1) is 5.69 Å². The van der Waals surface area contributed by atoms with Gasteiger partial charge in [-0.2, -0.15) is 10.4 Å². The molecule has 0 aliphatic heterocycles. The Morgan fingerprint density at radius 3 is 2.77 bits per heavy atom. The van der Waals surface area contributed by atoms with Crippen LogP contribution >= 0.6 is 0 Å². The van der Waals surface area contributed by atoms with Gasteiger partial charge >= 0.3 is 0 Å². The van der Waals surface area contributed by atoms with Crippen molar-refractivity contribution in [1.29, 1.82) is 5.26 Å². The Kier molecular flexibility index (Phi) is 2.39. The van der Waals surface area contributed by atoms with Crippen molar-refractivity contribution in [3.8, 4) is 6.07 Å². The minimum Gasteiger partial charge on any atom is -0.370 e. The zero-order valence-corrected chi connectivity index (χ0v) is 8.02. The molecule has 1 atom stereocenters. The highest BCUT2D eigenvalue weighted by Gasteiger charge is 2.27. The SMILES string of the molecule is CC(C)n1nccc1C(C)(O)C#N. The van der Waals surface area contributed by atoms with E-state index >= 15 is 0 Å². The second-order valence-corrected chi connectivity index (χ2v) is 3.44. The van der Waals surface area contributed by atoms with Gasteiger partial charge < -0.3 is 5.11 Å². The van der Waals surface area contributed by atoms with Crippen LogP contribution in [0.15, 0.2) is 12.3 Å². The number of nitriles is 1. The van der Waals surface area contributed by atoms with Gasteiger partial charge in [0.15, 0.2) is 5.60 Å². The van der Waals surface area contributed by atoms with Crippen LogP contribution in [0, 0.1) is 11.3 Å². The van der Waals surface area contributed by atoms with Crippen LogP contribution in [0.4, 0.5) is 0 Å². The van der Waals surface area contributed by atoms with E-state index in [2.05, 4.69) is 5.10 Å². The molecule has 0 amide bonds. The number of aliphatic hydroxyl groups is 1. The second kappa shape index (κ2) is 3.19. The van der Waals surface area contributed by atoms with Crippen molar-refractivity contribution < 1.29 is 5.11 Å². The van der Waals surface area contributed by atoms with Crippen molar-refractivity contribution in [2.24, 2.45) is 0 Å². The Labute approximate surface area is 77.4 Å². The molecule has 13 heavy (non-hydrogen) atoms. The van der Waals surface area contributed by atoms with Crippen molar-refractivity contribution in [1.82, 2.24) is 9.78 Å². The Balaban J connectivity index is 3.16. The fraction of sp³-hybridized carbons (Fsp3) is 0.556. The van der Waals surface area contributed by atoms with E-state index in [0.717, 1.165) is 0 Å². The van der Waals surface area contributed by atoms with E-state index in [4.69, 9.17) is 5.26 Å².